The van der Waals surface area contributed by atoms with Gasteiger partial charge in [-0.25, -0.2) is 4.39 Å². The van der Waals surface area contributed by atoms with Crippen LogP contribution in [0.1, 0.15) is 18.9 Å². The number of nitrogens with two attached hydrogens (primary N) is 1. The number of hydrogen-bond acceptors (Lipinski definition) is 4. The molecule has 2 aromatic rings. The highest BCUT2D eigenvalue weighted by Gasteiger charge is 2.09. The number of nitrogens with zero attached hydrogens (tertiary/aromatic N) is 1. The molecule has 0 heterocycles. The Morgan fingerprint density at radius 3 is 2.62 bits per heavy atom. The standard InChI is InChI=1S/C16H16FN3O/c1-2-7-21-16-9-15(14(19)8-13(16)17)20-12-5-3-11(10-18)4-6-12/h3-6,8-9,20H,2,7,19H2,1H3. The van der Waals surface area contributed by atoms with Gasteiger partial charge in [-0.2, -0.15) is 5.26 Å². The molecule has 0 radical (unpaired) electrons. The Bertz CT molecular complexity index is 662. The lowest BCUT2D eigenvalue weighted by atomic mass is 10.2. The monoisotopic (exact) mass is 285 g/mol. The molecule has 0 aliphatic carbocycles. The first-order valence-corrected chi connectivity index (χ1v) is 6.63. The predicted octanol–water partition coefficient (Wildman–Crippen LogP) is 3.81. The summed E-state index contributed by atoms with van der Waals surface area (Å²) in [6.07, 6.45) is 0.794. The summed E-state index contributed by atoms with van der Waals surface area (Å²) in [6.45, 7) is 2.39. The SMILES string of the molecule is CCCOc1cc(Nc2ccc(C#N)cc2)c(N)cc1F. The van der Waals surface area contributed by atoms with Crippen LogP contribution >= 0.6 is 0 Å². The van der Waals surface area contributed by atoms with Crippen molar-refractivity contribution in [3.05, 3.63) is 47.8 Å². The fourth-order valence-electron chi connectivity index (χ4n) is 1.78. The van der Waals surface area contributed by atoms with Crippen LogP contribution in [0.4, 0.5) is 21.5 Å². The van der Waals surface area contributed by atoms with Crippen LogP contribution in [0.25, 0.3) is 0 Å². The molecule has 0 saturated carbocycles. The second-order valence-electron chi connectivity index (χ2n) is 4.53. The van der Waals surface area contributed by atoms with E-state index in [1.807, 2.05) is 13.0 Å². The zero-order valence-electron chi connectivity index (χ0n) is 11.7. The first kappa shape index (κ1) is 14.7. The third-order valence-electron chi connectivity index (χ3n) is 2.86. The van der Waals surface area contributed by atoms with E-state index in [0.29, 0.717) is 23.5 Å². The first-order chi connectivity index (χ1) is 10.1. The van der Waals surface area contributed by atoms with Crippen LogP contribution in [0, 0.1) is 17.1 Å². The van der Waals surface area contributed by atoms with Gasteiger partial charge in [0, 0.05) is 17.8 Å². The van der Waals surface area contributed by atoms with Crippen molar-refractivity contribution in [3.8, 4) is 11.8 Å². The minimum atomic E-state index is -0.480. The van der Waals surface area contributed by atoms with E-state index in [0.717, 1.165) is 12.1 Å². The van der Waals surface area contributed by atoms with Gasteiger partial charge in [0.1, 0.15) is 0 Å². The summed E-state index contributed by atoms with van der Waals surface area (Å²) in [7, 11) is 0. The molecule has 0 unspecified atom stereocenters. The van der Waals surface area contributed by atoms with E-state index in [-0.39, 0.29) is 5.75 Å². The lowest BCUT2D eigenvalue weighted by molar-refractivity contribution is 0.301. The fraction of sp³-hybridized carbons (Fsp3) is 0.188. The molecule has 4 nitrogen and oxygen atoms in total. The number of nitrogen functional groups attached to an aromatic ring is 1. The molecule has 0 saturated heterocycles. The van der Waals surface area contributed by atoms with Gasteiger partial charge in [-0.1, -0.05) is 6.92 Å². The third-order valence-corrected chi connectivity index (χ3v) is 2.86. The normalized spacial score (nSPS) is 9.95. The van der Waals surface area contributed by atoms with Crippen molar-refractivity contribution in [1.82, 2.24) is 0 Å². The molecule has 2 aromatic carbocycles. The number of ether oxygens (including phenoxy) is 1. The summed E-state index contributed by atoms with van der Waals surface area (Å²) in [5, 5.41) is 11.8. The van der Waals surface area contributed by atoms with Crippen LogP contribution in [0.15, 0.2) is 36.4 Å². The van der Waals surface area contributed by atoms with Crippen molar-refractivity contribution in [2.75, 3.05) is 17.7 Å². The summed E-state index contributed by atoms with van der Waals surface area (Å²) >= 11 is 0. The van der Waals surface area contributed by atoms with E-state index >= 15 is 0 Å². The molecule has 0 aromatic heterocycles. The fourth-order valence-corrected chi connectivity index (χ4v) is 1.78. The average Bonchev–Trinajstić information content (AvgIpc) is 2.49. The van der Waals surface area contributed by atoms with Crippen LogP contribution in [-0.4, -0.2) is 6.61 Å². The van der Waals surface area contributed by atoms with Crippen molar-refractivity contribution in [2.45, 2.75) is 13.3 Å². The van der Waals surface area contributed by atoms with E-state index in [1.54, 1.807) is 30.3 Å². The second kappa shape index (κ2) is 6.62. The smallest absolute Gasteiger partial charge is 0.167 e. The molecule has 3 N–H and O–H groups in total. The minimum absolute atomic E-state index is 0.169. The number of rotatable bonds is 5. The van der Waals surface area contributed by atoms with Gasteiger partial charge in [0.25, 0.3) is 0 Å². The lowest BCUT2D eigenvalue weighted by Crippen LogP contribution is -2.02. The Morgan fingerprint density at radius 2 is 2.00 bits per heavy atom. The van der Waals surface area contributed by atoms with Gasteiger partial charge in [0.05, 0.1) is 29.6 Å². The van der Waals surface area contributed by atoms with Crippen LogP contribution in [0.2, 0.25) is 0 Å². The molecule has 21 heavy (non-hydrogen) atoms. The molecule has 0 atom stereocenters. The van der Waals surface area contributed by atoms with Gasteiger partial charge >= 0.3 is 0 Å². The van der Waals surface area contributed by atoms with Crippen molar-refractivity contribution in [3.63, 3.8) is 0 Å². The zero-order valence-corrected chi connectivity index (χ0v) is 11.7. The summed E-state index contributed by atoms with van der Waals surface area (Å²) in [6, 6.07) is 11.7. The summed E-state index contributed by atoms with van der Waals surface area (Å²) in [5.41, 5.74) is 7.99. The van der Waals surface area contributed by atoms with Crippen molar-refractivity contribution < 1.29 is 9.13 Å². The molecule has 5 heteroatoms. The number of anilines is 3. The molecule has 0 aliphatic rings. The molecule has 0 bridgehead atoms. The average molecular weight is 285 g/mol. The van der Waals surface area contributed by atoms with Crippen LogP contribution in [0.5, 0.6) is 5.75 Å². The quantitative estimate of drug-likeness (QED) is 0.819. The number of halogens is 1. The Hall–Kier alpha value is -2.74. The van der Waals surface area contributed by atoms with Crippen LogP contribution < -0.4 is 15.8 Å². The summed E-state index contributed by atoms with van der Waals surface area (Å²) in [5.74, 6) is -0.312. The number of nitriles is 1. The van der Waals surface area contributed by atoms with Gasteiger partial charge < -0.3 is 15.8 Å². The third kappa shape index (κ3) is 3.63. The topological polar surface area (TPSA) is 71.1 Å². The lowest BCUT2D eigenvalue weighted by Gasteiger charge is -2.13. The van der Waals surface area contributed by atoms with E-state index in [9.17, 15) is 4.39 Å². The van der Waals surface area contributed by atoms with Gasteiger partial charge in [-0.15, -0.1) is 0 Å². The Labute approximate surface area is 123 Å². The maximum atomic E-state index is 13.7. The van der Waals surface area contributed by atoms with Gasteiger partial charge in [0.2, 0.25) is 0 Å². The maximum absolute atomic E-state index is 13.7. The summed E-state index contributed by atoms with van der Waals surface area (Å²) in [4.78, 5) is 0. The van der Waals surface area contributed by atoms with Gasteiger partial charge in [-0.3, -0.25) is 0 Å². The highest BCUT2D eigenvalue weighted by atomic mass is 19.1. The maximum Gasteiger partial charge on any atom is 0.167 e. The van der Waals surface area contributed by atoms with Gasteiger partial charge in [-0.05, 0) is 30.7 Å². The Kier molecular flexibility index (Phi) is 4.62. The van der Waals surface area contributed by atoms with E-state index < -0.39 is 5.82 Å². The first-order valence-electron chi connectivity index (χ1n) is 6.63. The van der Waals surface area contributed by atoms with E-state index in [2.05, 4.69) is 5.32 Å². The zero-order chi connectivity index (χ0) is 15.2. The highest BCUT2D eigenvalue weighted by Crippen LogP contribution is 2.30. The number of nitrogens with one attached hydrogen (secondary N) is 1. The van der Waals surface area contributed by atoms with Crippen molar-refractivity contribution in [2.24, 2.45) is 0 Å². The van der Waals surface area contributed by atoms with E-state index in [1.165, 1.54) is 6.07 Å². The highest BCUT2D eigenvalue weighted by molar-refractivity contribution is 5.74. The molecule has 0 fully saturated rings. The molecule has 0 spiro atoms. The van der Waals surface area contributed by atoms with Crippen LogP contribution in [-0.2, 0) is 0 Å². The molecule has 2 rings (SSSR count). The van der Waals surface area contributed by atoms with E-state index in [4.69, 9.17) is 15.7 Å². The van der Waals surface area contributed by atoms with Crippen molar-refractivity contribution >= 4 is 17.1 Å². The molecule has 0 amide bonds. The molecular formula is C16H16FN3O. The molecule has 108 valence electrons. The van der Waals surface area contributed by atoms with Crippen molar-refractivity contribution in [1.29, 1.82) is 5.26 Å². The Morgan fingerprint density at radius 1 is 1.29 bits per heavy atom. The molecule has 0 aliphatic heterocycles. The Balaban J connectivity index is 2.23. The summed E-state index contributed by atoms with van der Waals surface area (Å²) < 4.78 is 19.1. The predicted molar refractivity (Wildman–Crippen MR) is 81.0 cm³/mol. The number of hydrogen-bond donors (Lipinski definition) is 2. The van der Waals surface area contributed by atoms with Crippen LogP contribution in [0.3, 0.4) is 0 Å². The molecular weight excluding hydrogens is 269 g/mol. The largest absolute Gasteiger partial charge is 0.490 e. The minimum Gasteiger partial charge on any atom is -0.490 e. The number of benzene rings is 2. The second-order valence-corrected chi connectivity index (χ2v) is 4.53. The van der Waals surface area contributed by atoms with Gasteiger partial charge in [0.15, 0.2) is 11.6 Å².